The largest absolute Gasteiger partial charge is 0.372 e. The average Bonchev–Trinajstić information content (AvgIpc) is 2.48. The van der Waals surface area contributed by atoms with E-state index in [-0.39, 0.29) is 0 Å². The summed E-state index contributed by atoms with van der Waals surface area (Å²) in [5.74, 6) is 2.38. The van der Waals surface area contributed by atoms with Crippen LogP contribution in [-0.2, 0) is 4.79 Å². The van der Waals surface area contributed by atoms with Crippen LogP contribution < -0.4 is 4.90 Å². The van der Waals surface area contributed by atoms with E-state index in [9.17, 15) is 4.79 Å². The van der Waals surface area contributed by atoms with Crippen molar-refractivity contribution >= 4 is 11.5 Å². The van der Waals surface area contributed by atoms with E-state index in [0.717, 1.165) is 31.8 Å². The van der Waals surface area contributed by atoms with Crippen molar-refractivity contribution in [3.8, 4) is 0 Å². The number of ketones is 1. The summed E-state index contributed by atoms with van der Waals surface area (Å²) in [6.45, 7) is 8.74. The van der Waals surface area contributed by atoms with Gasteiger partial charge in [-0.05, 0) is 50.3 Å². The average molecular weight is 271 g/mol. The van der Waals surface area contributed by atoms with E-state index in [1.54, 1.807) is 0 Å². The number of Topliss-reactive ketones (excluding diaryl/α,β-unsaturated/α-hetero) is 1. The molecule has 0 aromatic heterocycles. The Hall–Kier alpha value is -1.31. The Morgan fingerprint density at radius 1 is 1.05 bits per heavy atom. The van der Waals surface area contributed by atoms with Gasteiger partial charge in [0, 0.05) is 36.5 Å². The number of hydrogen-bond acceptors (Lipinski definition) is 2. The molecule has 2 fully saturated rings. The Kier molecular flexibility index (Phi) is 3.57. The maximum atomic E-state index is 12.0. The fraction of sp³-hybridized carbons (Fsp3) is 0.611. The highest BCUT2D eigenvalue weighted by Crippen LogP contribution is 2.55. The van der Waals surface area contributed by atoms with Crippen molar-refractivity contribution in [3.63, 3.8) is 0 Å². The van der Waals surface area contributed by atoms with Gasteiger partial charge in [-0.3, -0.25) is 4.79 Å². The van der Waals surface area contributed by atoms with Gasteiger partial charge < -0.3 is 4.90 Å². The first-order chi connectivity index (χ1) is 9.65. The molecule has 20 heavy (non-hydrogen) atoms. The minimum Gasteiger partial charge on any atom is -0.372 e. The minimum absolute atomic E-state index is 0.308. The number of carbonyl (C=O) groups is 1. The second-order valence-electron chi connectivity index (χ2n) is 6.48. The van der Waals surface area contributed by atoms with Gasteiger partial charge in [-0.25, -0.2) is 0 Å². The summed E-state index contributed by atoms with van der Waals surface area (Å²) < 4.78 is 0. The zero-order valence-corrected chi connectivity index (χ0v) is 12.8. The van der Waals surface area contributed by atoms with Crippen molar-refractivity contribution in [2.24, 2.45) is 17.8 Å². The van der Waals surface area contributed by atoms with E-state index < -0.39 is 0 Å². The molecular weight excluding hydrogens is 246 g/mol. The van der Waals surface area contributed by atoms with Crippen molar-refractivity contribution in [3.05, 3.63) is 29.8 Å². The monoisotopic (exact) mass is 271 g/mol. The van der Waals surface area contributed by atoms with Crippen molar-refractivity contribution in [2.45, 2.75) is 39.5 Å². The normalized spacial score (nSPS) is 31.9. The number of fused-ring (bicyclic) bond motifs is 2. The summed E-state index contributed by atoms with van der Waals surface area (Å²) >= 11 is 0. The summed E-state index contributed by atoms with van der Waals surface area (Å²) in [6.07, 6.45) is 2.19. The number of nitrogens with zero attached hydrogens (tertiary/aromatic N) is 1. The van der Waals surface area contributed by atoms with Crippen LogP contribution in [0.4, 0.5) is 5.69 Å². The van der Waals surface area contributed by atoms with Gasteiger partial charge in [0.2, 0.25) is 0 Å². The molecule has 1 aromatic carbocycles. The third-order valence-electron chi connectivity index (χ3n) is 5.32. The molecule has 2 unspecified atom stereocenters. The first-order valence-corrected chi connectivity index (χ1v) is 8.04. The number of carbonyl (C=O) groups excluding carboxylic acids is 1. The predicted molar refractivity (Wildman–Crippen MR) is 83.1 cm³/mol. The lowest BCUT2D eigenvalue weighted by Crippen LogP contribution is -2.51. The van der Waals surface area contributed by atoms with Gasteiger partial charge in [0.1, 0.15) is 5.78 Å². The third-order valence-corrected chi connectivity index (χ3v) is 5.32. The lowest BCUT2D eigenvalue weighted by molar-refractivity contribution is -0.145. The summed E-state index contributed by atoms with van der Waals surface area (Å²) in [5.41, 5.74) is 2.67. The Balaban J connectivity index is 1.78. The van der Waals surface area contributed by atoms with Crippen LogP contribution in [0, 0.1) is 17.8 Å². The van der Waals surface area contributed by atoms with Crippen LogP contribution in [0.3, 0.4) is 0 Å². The van der Waals surface area contributed by atoms with Crippen molar-refractivity contribution in [1.29, 1.82) is 0 Å². The minimum atomic E-state index is 0.308. The van der Waals surface area contributed by atoms with Gasteiger partial charge in [-0.15, -0.1) is 0 Å². The lowest BCUT2D eigenvalue weighted by atomic mass is 9.52. The van der Waals surface area contributed by atoms with E-state index in [2.05, 4.69) is 49.9 Å². The molecule has 0 saturated heterocycles. The van der Waals surface area contributed by atoms with Crippen LogP contribution in [0.1, 0.15) is 45.1 Å². The van der Waals surface area contributed by atoms with E-state index in [0.29, 0.717) is 23.5 Å². The van der Waals surface area contributed by atoms with Gasteiger partial charge in [0.15, 0.2) is 0 Å². The number of anilines is 1. The van der Waals surface area contributed by atoms with E-state index in [1.165, 1.54) is 11.3 Å². The summed E-state index contributed by atoms with van der Waals surface area (Å²) in [5, 5.41) is 0. The maximum Gasteiger partial charge on any atom is 0.140 e. The topological polar surface area (TPSA) is 20.3 Å². The molecule has 3 rings (SSSR count). The van der Waals surface area contributed by atoms with Gasteiger partial charge >= 0.3 is 0 Å². The molecule has 2 nitrogen and oxygen atoms in total. The highest BCUT2D eigenvalue weighted by atomic mass is 16.1. The van der Waals surface area contributed by atoms with Crippen molar-refractivity contribution < 1.29 is 4.79 Å². The highest BCUT2D eigenvalue weighted by Gasteiger charge is 2.53. The Morgan fingerprint density at radius 3 is 2.10 bits per heavy atom. The molecular formula is C18H25NO. The van der Waals surface area contributed by atoms with Crippen LogP contribution in [0.2, 0.25) is 0 Å². The van der Waals surface area contributed by atoms with Crippen LogP contribution >= 0.6 is 0 Å². The second-order valence-corrected chi connectivity index (χ2v) is 6.48. The Bertz CT molecular complexity index is 473. The smallest absolute Gasteiger partial charge is 0.140 e. The molecule has 0 heterocycles. The Labute approximate surface area is 122 Å². The summed E-state index contributed by atoms with van der Waals surface area (Å²) in [7, 11) is 0. The summed E-state index contributed by atoms with van der Waals surface area (Å²) in [4.78, 5) is 14.4. The van der Waals surface area contributed by atoms with Gasteiger partial charge in [0.25, 0.3) is 0 Å². The fourth-order valence-electron chi connectivity index (χ4n) is 4.24. The number of rotatable bonds is 4. The molecule has 2 aliphatic rings. The molecule has 2 heteroatoms. The van der Waals surface area contributed by atoms with Gasteiger partial charge in [-0.2, -0.15) is 0 Å². The standard InChI is InChI=1S/C18H25NO/c1-4-19(5-2)14-8-6-13(7-9-14)17-15-10-12(3)11-16(17)18(15)20/h6-9,12,15-17H,4-5,10-11H2,1-3H3. The Morgan fingerprint density at radius 2 is 1.60 bits per heavy atom. The first kappa shape index (κ1) is 13.7. The highest BCUT2D eigenvalue weighted by molar-refractivity contribution is 5.92. The molecule has 0 amide bonds. The molecule has 1 aromatic rings. The molecule has 0 radical (unpaired) electrons. The molecule has 2 saturated carbocycles. The fourth-order valence-corrected chi connectivity index (χ4v) is 4.24. The first-order valence-electron chi connectivity index (χ1n) is 8.04. The predicted octanol–water partition coefficient (Wildman–Crippen LogP) is 3.86. The molecule has 2 bridgehead atoms. The van der Waals surface area contributed by atoms with Crippen LogP contribution in [-0.4, -0.2) is 18.9 Å². The molecule has 0 N–H and O–H groups in total. The lowest BCUT2D eigenvalue weighted by Gasteiger charge is -2.50. The third kappa shape index (κ3) is 2.06. The van der Waals surface area contributed by atoms with E-state index in [1.807, 2.05) is 0 Å². The molecule has 2 atom stereocenters. The van der Waals surface area contributed by atoms with Gasteiger partial charge in [-0.1, -0.05) is 19.1 Å². The molecule has 108 valence electrons. The quantitative estimate of drug-likeness (QED) is 0.828. The van der Waals surface area contributed by atoms with Crippen LogP contribution in [0.15, 0.2) is 24.3 Å². The molecule has 2 aliphatic carbocycles. The van der Waals surface area contributed by atoms with E-state index >= 15 is 0 Å². The zero-order valence-electron chi connectivity index (χ0n) is 12.8. The number of hydrogen-bond donors (Lipinski definition) is 0. The SMILES string of the molecule is CCN(CC)c1ccc(C2C3CC(C)CC2C3=O)cc1. The molecule has 0 aliphatic heterocycles. The second kappa shape index (κ2) is 5.23. The molecule has 0 spiro atoms. The van der Waals surface area contributed by atoms with E-state index in [4.69, 9.17) is 0 Å². The van der Waals surface area contributed by atoms with Crippen LogP contribution in [0.5, 0.6) is 0 Å². The van der Waals surface area contributed by atoms with Crippen LogP contribution in [0.25, 0.3) is 0 Å². The van der Waals surface area contributed by atoms with Gasteiger partial charge in [0.05, 0.1) is 0 Å². The zero-order chi connectivity index (χ0) is 14.3. The number of benzene rings is 1. The van der Waals surface area contributed by atoms with Crippen molar-refractivity contribution in [1.82, 2.24) is 0 Å². The van der Waals surface area contributed by atoms with Crippen molar-refractivity contribution in [2.75, 3.05) is 18.0 Å². The maximum absolute atomic E-state index is 12.0. The summed E-state index contributed by atoms with van der Waals surface area (Å²) in [6, 6.07) is 8.95.